The average molecular weight is 344 g/mol. The molecule has 3 nitrogen and oxygen atoms in total. The minimum Gasteiger partial charge on any atom is -0.508 e. The minimum absolute atomic E-state index is 0.311. The summed E-state index contributed by atoms with van der Waals surface area (Å²) in [5.41, 5.74) is 2.57. The number of benzene rings is 1. The van der Waals surface area contributed by atoms with Crippen molar-refractivity contribution in [2.45, 2.75) is 83.2 Å². The van der Waals surface area contributed by atoms with Crippen molar-refractivity contribution in [3.05, 3.63) is 22.8 Å². The second-order valence-electron chi connectivity index (χ2n) is 8.72. The van der Waals surface area contributed by atoms with Crippen LogP contribution in [0, 0.1) is 17.8 Å². The van der Waals surface area contributed by atoms with Crippen LogP contribution >= 0.6 is 0 Å². The first-order valence-corrected chi connectivity index (χ1v) is 10.4. The first kappa shape index (κ1) is 17.2. The van der Waals surface area contributed by atoms with Crippen molar-refractivity contribution >= 4 is 0 Å². The Hall–Kier alpha value is -1.22. The van der Waals surface area contributed by atoms with E-state index in [2.05, 4.69) is 0 Å². The number of hydrogen-bond acceptors (Lipinski definition) is 3. The highest BCUT2D eigenvalue weighted by atomic mass is 16.3. The number of phenolic OH excluding ortho intramolecular Hbond substituents is 2. The van der Waals surface area contributed by atoms with Crippen molar-refractivity contribution in [2.75, 3.05) is 0 Å². The van der Waals surface area contributed by atoms with Gasteiger partial charge in [-0.05, 0) is 68.8 Å². The third kappa shape index (κ3) is 3.40. The predicted molar refractivity (Wildman–Crippen MR) is 98.9 cm³/mol. The third-order valence-electron chi connectivity index (χ3n) is 7.23. The van der Waals surface area contributed by atoms with E-state index in [0.717, 1.165) is 67.1 Å². The zero-order valence-electron chi connectivity index (χ0n) is 15.2. The molecule has 0 saturated heterocycles. The Labute approximate surface area is 151 Å². The Morgan fingerprint density at radius 3 is 2.40 bits per heavy atom. The van der Waals surface area contributed by atoms with Crippen LogP contribution in [0.4, 0.5) is 0 Å². The van der Waals surface area contributed by atoms with E-state index in [-0.39, 0.29) is 0 Å². The van der Waals surface area contributed by atoms with Gasteiger partial charge in [-0.1, -0.05) is 25.7 Å². The molecule has 1 aromatic rings. The van der Waals surface area contributed by atoms with Gasteiger partial charge in [0.25, 0.3) is 0 Å². The lowest BCUT2D eigenvalue weighted by Crippen LogP contribution is -2.34. The highest BCUT2D eigenvalue weighted by Crippen LogP contribution is 2.45. The summed E-state index contributed by atoms with van der Waals surface area (Å²) in [5.74, 6) is 2.67. The molecule has 138 valence electrons. The molecule has 0 amide bonds. The topological polar surface area (TPSA) is 60.7 Å². The molecule has 1 aromatic carbocycles. The Bertz CT molecular complexity index is 624. The molecule has 0 heterocycles. The Morgan fingerprint density at radius 1 is 0.880 bits per heavy atom. The van der Waals surface area contributed by atoms with Gasteiger partial charge in [0.1, 0.15) is 11.5 Å². The summed E-state index contributed by atoms with van der Waals surface area (Å²) in [6, 6.07) is 1.70. The fourth-order valence-corrected chi connectivity index (χ4v) is 5.77. The molecule has 4 rings (SSSR count). The summed E-state index contributed by atoms with van der Waals surface area (Å²) in [6.45, 7) is 0. The van der Waals surface area contributed by atoms with Crippen LogP contribution in [0.25, 0.3) is 0 Å². The molecule has 0 radical (unpaired) electrons. The van der Waals surface area contributed by atoms with Gasteiger partial charge in [0.15, 0.2) is 0 Å². The molecular formula is C22H32O3. The van der Waals surface area contributed by atoms with E-state index < -0.39 is 6.10 Å². The largest absolute Gasteiger partial charge is 0.508 e. The molecule has 4 atom stereocenters. The summed E-state index contributed by atoms with van der Waals surface area (Å²) >= 11 is 0. The van der Waals surface area contributed by atoms with E-state index in [1.54, 1.807) is 6.07 Å². The van der Waals surface area contributed by atoms with Crippen molar-refractivity contribution in [1.82, 2.24) is 0 Å². The molecule has 3 N–H and O–H groups in total. The lowest BCUT2D eigenvalue weighted by molar-refractivity contribution is 0.0357. The number of fused-ring (bicyclic) bond motifs is 2. The third-order valence-corrected chi connectivity index (χ3v) is 7.23. The van der Waals surface area contributed by atoms with Crippen molar-refractivity contribution in [3.63, 3.8) is 0 Å². The Morgan fingerprint density at radius 2 is 1.60 bits per heavy atom. The van der Waals surface area contributed by atoms with Crippen LogP contribution in [0.3, 0.4) is 0 Å². The summed E-state index contributed by atoms with van der Waals surface area (Å²) in [4.78, 5) is 0. The van der Waals surface area contributed by atoms with Crippen LogP contribution < -0.4 is 0 Å². The number of aromatic hydroxyl groups is 2. The number of phenols is 2. The molecule has 3 heteroatoms. The van der Waals surface area contributed by atoms with E-state index in [4.69, 9.17) is 0 Å². The summed E-state index contributed by atoms with van der Waals surface area (Å²) < 4.78 is 0. The van der Waals surface area contributed by atoms with Gasteiger partial charge in [0, 0.05) is 23.1 Å². The fraction of sp³-hybridized carbons (Fsp3) is 0.727. The number of aliphatic hydroxyl groups excluding tert-OH is 1. The van der Waals surface area contributed by atoms with Crippen LogP contribution in [0.2, 0.25) is 0 Å². The molecule has 3 aliphatic rings. The zero-order valence-corrected chi connectivity index (χ0v) is 15.2. The van der Waals surface area contributed by atoms with E-state index in [9.17, 15) is 15.3 Å². The van der Waals surface area contributed by atoms with Gasteiger partial charge in [-0.15, -0.1) is 0 Å². The number of hydrogen-bond donors (Lipinski definition) is 3. The van der Waals surface area contributed by atoms with Crippen LogP contribution in [-0.4, -0.2) is 21.4 Å². The molecule has 0 bridgehead atoms. The standard InChI is InChI=1S/C22H32O3/c23-20(16-10-9-14-5-1-2-6-15(14)11-16)12-17-13-21(24)18-7-3-4-8-19(18)22(17)25/h13-16,20,23-25H,1-12H2. The van der Waals surface area contributed by atoms with E-state index in [0.29, 0.717) is 23.8 Å². The highest BCUT2D eigenvalue weighted by molar-refractivity contribution is 5.53. The van der Waals surface area contributed by atoms with Gasteiger partial charge in [-0.25, -0.2) is 0 Å². The van der Waals surface area contributed by atoms with Crippen molar-refractivity contribution in [1.29, 1.82) is 0 Å². The van der Waals surface area contributed by atoms with E-state index in [1.165, 1.54) is 32.1 Å². The lowest BCUT2D eigenvalue weighted by Gasteiger charge is -2.41. The van der Waals surface area contributed by atoms with Crippen molar-refractivity contribution < 1.29 is 15.3 Å². The molecule has 2 fully saturated rings. The SMILES string of the molecule is Oc1cc(CC(O)C2CCC3CCCCC3C2)c(O)c2c1CCCC2. The first-order valence-electron chi connectivity index (χ1n) is 10.4. The van der Waals surface area contributed by atoms with Gasteiger partial charge in [0.05, 0.1) is 6.10 Å². The number of aliphatic hydroxyl groups is 1. The molecular weight excluding hydrogens is 312 g/mol. The maximum Gasteiger partial charge on any atom is 0.122 e. The van der Waals surface area contributed by atoms with Gasteiger partial charge in [-0.2, -0.15) is 0 Å². The summed E-state index contributed by atoms with van der Waals surface area (Å²) in [6.07, 6.45) is 12.9. The first-order chi connectivity index (χ1) is 12.1. The normalized spacial score (nSPS) is 30.4. The minimum atomic E-state index is -0.408. The van der Waals surface area contributed by atoms with Crippen LogP contribution in [0.1, 0.15) is 74.5 Å². The van der Waals surface area contributed by atoms with Crippen LogP contribution in [0.5, 0.6) is 11.5 Å². The van der Waals surface area contributed by atoms with E-state index in [1.807, 2.05) is 0 Å². The smallest absolute Gasteiger partial charge is 0.122 e. The zero-order chi connectivity index (χ0) is 17.4. The quantitative estimate of drug-likeness (QED) is 0.708. The fourth-order valence-electron chi connectivity index (χ4n) is 5.77. The monoisotopic (exact) mass is 344 g/mol. The second kappa shape index (κ2) is 7.19. The van der Waals surface area contributed by atoms with Gasteiger partial charge < -0.3 is 15.3 Å². The molecule has 3 aliphatic carbocycles. The maximum atomic E-state index is 10.8. The highest BCUT2D eigenvalue weighted by Gasteiger charge is 2.35. The van der Waals surface area contributed by atoms with Crippen LogP contribution in [-0.2, 0) is 19.3 Å². The molecule has 25 heavy (non-hydrogen) atoms. The van der Waals surface area contributed by atoms with Gasteiger partial charge in [0.2, 0.25) is 0 Å². The van der Waals surface area contributed by atoms with Crippen molar-refractivity contribution in [3.8, 4) is 11.5 Å². The second-order valence-corrected chi connectivity index (χ2v) is 8.72. The predicted octanol–water partition coefficient (Wildman–Crippen LogP) is 4.49. The van der Waals surface area contributed by atoms with Crippen LogP contribution in [0.15, 0.2) is 6.07 Å². The Balaban J connectivity index is 1.47. The van der Waals surface area contributed by atoms with Crippen molar-refractivity contribution in [2.24, 2.45) is 17.8 Å². The van der Waals surface area contributed by atoms with E-state index >= 15 is 0 Å². The summed E-state index contributed by atoms with van der Waals surface area (Å²) in [7, 11) is 0. The average Bonchev–Trinajstić information content (AvgIpc) is 2.65. The van der Waals surface area contributed by atoms with Gasteiger partial charge >= 0.3 is 0 Å². The molecule has 0 spiro atoms. The number of rotatable bonds is 3. The molecule has 2 saturated carbocycles. The lowest BCUT2D eigenvalue weighted by atomic mass is 9.66. The van der Waals surface area contributed by atoms with Gasteiger partial charge in [-0.3, -0.25) is 0 Å². The molecule has 0 aliphatic heterocycles. The Kier molecular flexibility index (Phi) is 4.95. The summed E-state index contributed by atoms with van der Waals surface area (Å²) in [5, 5.41) is 31.9. The maximum absolute atomic E-state index is 10.8. The molecule has 0 aromatic heterocycles. The molecule has 4 unspecified atom stereocenters.